The number of nitrogens with one attached hydrogen (secondary N) is 1. The van der Waals surface area contributed by atoms with E-state index in [0.29, 0.717) is 6.54 Å². The highest BCUT2D eigenvalue weighted by molar-refractivity contribution is 6.32. The molecule has 0 radical (unpaired) electrons. The fourth-order valence-electron chi connectivity index (χ4n) is 1.86. The summed E-state index contributed by atoms with van der Waals surface area (Å²) in [5.74, 6) is -0.00221. The van der Waals surface area contributed by atoms with Crippen molar-refractivity contribution in [2.45, 2.75) is 19.8 Å². The van der Waals surface area contributed by atoms with Crippen LogP contribution < -0.4 is 5.32 Å². The maximum atomic E-state index is 10.7. The van der Waals surface area contributed by atoms with Gasteiger partial charge in [0, 0.05) is 23.9 Å². The van der Waals surface area contributed by atoms with Crippen molar-refractivity contribution >= 4 is 28.5 Å². The third-order valence-corrected chi connectivity index (χ3v) is 3.02. The zero-order chi connectivity index (χ0) is 12.3. The van der Waals surface area contributed by atoms with E-state index in [-0.39, 0.29) is 5.91 Å². The van der Waals surface area contributed by atoms with Crippen LogP contribution in [0.15, 0.2) is 28.9 Å². The summed E-state index contributed by atoms with van der Waals surface area (Å²) >= 11 is 6.17. The van der Waals surface area contributed by atoms with E-state index in [9.17, 15) is 4.79 Å². The molecular weight excluding hydrogens is 238 g/mol. The third kappa shape index (κ3) is 2.80. The largest absolute Gasteiger partial charge is 0.464 e. The first kappa shape index (κ1) is 12.0. The smallest absolute Gasteiger partial charge is 0.216 e. The topological polar surface area (TPSA) is 42.2 Å². The molecule has 1 aromatic heterocycles. The fourth-order valence-corrected chi connectivity index (χ4v) is 2.12. The lowest BCUT2D eigenvalue weighted by Gasteiger charge is -2.06. The summed E-state index contributed by atoms with van der Waals surface area (Å²) in [5.41, 5.74) is 1.94. The molecule has 1 N–H and O–H groups in total. The van der Waals surface area contributed by atoms with Gasteiger partial charge in [-0.25, -0.2) is 0 Å². The van der Waals surface area contributed by atoms with Crippen LogP contribution in [0.1, 0.15) is 18.9 Å². The number of aryl methyl sites for hydroxylation is 1. The Balaban J connectivity index is 2.09. The Morgan fingerprint density at radius 2 is 2.24 bits per heavy atom. The molecule has 0 saturated heterocycles. The summed E-state index contributed by atoms with van der Waals surface area (Å²) in [6.07, 6.45) is 3.36. The second kappa shape index (κ2) is 5.23. The molecule has 0 aliphatic carbocycles. The minimum absolute atomic E-state index is 0.00221. The number of amides is 1. The number of halogens is 1. The van der Waals surface area contributed by atoms with E-state index in [0.717, 1.165) is 34.4 Å². The molecule has 4 heteroatoms. The van der Waals surface area contributed by atoms with E-state index >= 15 is 0 Å². The van der Waals surface area contributed by atoms with Crippen LogP contribution in [-0.4, -0.2) is 12.5 Å². The predicted octanol–water partition coefficient (Wildman–Crippen LogP) is 3.15. The van der Waals surface area contributed by atoms with E-state index in [2.05, 4.69) is 5.32 Å². The van der Waals surface area contributed by atoms with Gasteiger partial charge in [0.2, 0.25) is 5.91 Å². The highest BCUT2D eigenvalue weighted by Crippen LogP contribution is 2.27. The van der Waals surface area contributed by atoms with Crippen molar-refractivity contribution in [3.05, 3.63) is 35.0 Å². The van der Waals surface area contributed by atoms with Crippen LogP contribution in [0.4, 0.5) is 0 Å². The molecule has 3 nitrogen and oxygen atoms in total. The molecule has 0 aliphatic rings. The Kier molecular flexibility index (Phi) is 3.69. The summed E-state index contributed by atoms with van der Waals surface area (Å²) in [6.45, 7) is 2.18. The molecule has 0 saturated carbocycles. The van der Waals surface area contributed by atoms with Crippen molar-refractivity contribution in [1.82, 2.24) is 5.32 Å². The number of hydrogen-bond acceptors (Lipinski definition) is 2. The van der Waals surface area contributed by atoms with Gasteiger partial charge in [-0.2, -0.15) is 0 Å². The van der Waals surface area contributed by atoms with Gasteiger partial charge in [0.25, 0.3) is 0 Å². The Bertz CT molecular complexity index is 533. The predicted molar refractivity (Wildman–Crippen MR) is 68.2 cm³/mol. The van der Waals surface area contributed by atoms with Crippen molar-refractivity contribution in [3.63, 3.8) is 0 Å². The number of carbonyl (C=O) groups excluding carboxylic acids is 1. The van der Waals surface area contributed by atoms with Gasteiger partial charge in [-0.3, -0.25) is 4.79 Å². The van der Waals surface area contributed by atoms with Gasteiger partial charge in [-0.05, 0) is 36.6 Å². The molecule has 0 bridgehead atoms. The second-order valence-corrected chi connectivity index (χ2v) is 4.35. The molecule has 1 aromatic carbocycles. The van der Waals surface area contributed by atoms with Crippen LogP contribution in [0.3, 0.4) is 0 Å². The SMILES string of the molecule is CC(=O)NCCCc1c(Cl)ccc2occc12. The molecule has 90 valence electrons. The average molecular weight is 252 g/mol. The normalized spacial score (nSPS) is 10.7. The number of furan rings is 1. The number of benzene rings is 1. The molecule has 0 spiro atoms. The lowest BCUT2D eigenvalue weighted by atomic mass is 10.1. The molecule has 0 fully saturated rings. The van der Waals surface area contributed by atoms with Crippen molar-refractivity contribution in [2.75, 3.05) is 6.54 Å². The molecule has 1 amide bonds. The summed E-state index contributed by atoms with van der Waals surface area (Å²) in [5, 5.41) is 4.58. The minimum atomic E-state index is -0.00221. The van der Waals surface area contributed by atoms with Gasteiger partial charge in [0.1, 0.15) is 5.58 Å². The lowest BCUT2D eigenvalue weighted by Crippen LogP contribution is -2.21. The molecular formula is C13H14ClNO2. The monoisotopic (exact) mass is 251 g/mol. The molecule has 0 unspecified atom stereocenters. The number of hydrogen-bond donors (Lipinski definition) is 1. The highest BCUT2D eigenvalue weighted by Gasteiger charge is 2.07. The Hall–Kier alpha value is -1.48. The molecule has 2 aromatic rings. The van der Waals surface area contributed by atoms with Gasteiger partial charge in [0.05, 0.1) is 6.26 Å². The fraction of sp³-hybridized carbons (Fsp3) is 0.308. The molecule has 0 atom stereocenters. The second-order valence-electron chi connectivity index (χ2n) is 3.94. The standard InChI is InChI=1S/C13H14ClNO2/c1-9(16)15-7-2-3-10-11-6-8-17-13(11)5-4-12(10)14/h4-6,8H,2-3,7H2,1H3,(H,15,16). The van der Waals surface area contributed by atoms with Crippen molar-refractivity contribution < 1.29 is 9.21 Å². The van der Waals surface area contributed by atoms with Crippen molar-refractivity contribution in [3.8, 4) is 0 Å². The highest BCUT2D eigenvalue weighted by atomic mass is 35.5. The summed E-state index contributed by atoms with van der Waals surface area (Å²) in [4.78, 5) is 10.7. The van der Waals surface area contributed by atoms with E-state index in [1.807, 2.05) is 18.2 Å². The van der Waals surface area contributed by atoms with E-state index < -0.39 is 0 Å². The van der Waals surface area contributed by atoms with Crippen LogP contribution in [0.25, 0.3) is 11.0 Å². The first-order chi connectivity index (χ1) is 8.18. The minimum Gasteiger partial charge on any atom is -0.464 e. The van der Waals surface area contributed by atoms with E-state index in [1.54, 1.807) is 6.26 Å². The van der Waals surface area contributed by atoms with Crippen LogP contribution in [-0.2, 0) is 11.2 Å². The number of carbonyl (C=O) groups is 1. The van der Waals surface area contributed by atoms with Gasteiger partial charge in [0.15, 0.2) is 0 Å². The van der Waals surface area contributed by atoms with Gasteiger partial charge < -0.3 is 9.73 Å². The number of fused-ring (bicyclic) bond motifs is 1. The first-order valence-electron chi connectivity index (χ1n) is 5.57. The van der Waals surface area contributed by atoms with E-state index in [1.165, 1.54) is 6.92 Å². The zero-order valence-corrected chi connectivity index (χ0v) is 10.4. The molecule has 1 heterocycles. The van der Waals surface area contributed by atoms with E-state index in [4.69, 9.17) is 16.0 Å². The van der Waals surface area contributed by atoms with Crippen LogP contribution in [0.2, 0.25) is 5.02 Å². The molecule has 2 rings (SSSR count). The van der Waals surface area contributed by atoms with Crippen LogP contribution in [0.5, 0.6) is 0 Å². The Morgan fingerprint density at radius 1 is 1.41 bits per heavy atom. The van der Waals surface area contributed by atoms with Crippen molar-refractivity contribution in [1.29, 1.82) is 0 Å². The molecule has 17 heavy (non-hydrogen) atoms. The summed E-state index contributed by atoms with van der Waals surface area (Å²) in [6, 6.07) is 5.64. The van der Waals surface area contributed by atoms with Crippen LogP contribution >= 0.6 is 11.6 Å². The van der Waals surface area contributed by atoms with Gasteiger partial charge >= 0.3 is 0 Å². The molecule has 0 aliphatic heterocycles. The van der Waals surface area contributed by atoms with Crippen LogP contribution in [0, 0.1) is 0 Å². The Morgan fingerprint density at radius 3 is 3.00 bits per heavy atom. The Labute approximate surface area is 105 Å². The third-order valence-electron chi connectivity index (χ3n) is 2.67. The maximum Gasteiger partial charge on any atom is 0.216 e. The number of rotatable bonds is 4. The summed E-state index contributed by atoms with van der Waals surface area (Å²) < 4.78 is 5.33. The first-order valence-corrected chi connectivity index (χ1v) is 5.95. The van der Waals surface area contributed by atoms with Crippen molar-refractivity contribution in [2.24, 2.45) is 0 Å². The van der Waals surface area contributed by atoms with Gasteiger partial charge in [-0.1, -0.05) is 11.6 Å². The zero-order valence-electron chi connectivity index (χ0n) is 9.63. The summed E-state index contributed by atoms with van der Waals surface area (Å²) in [7, 11) is 0. The quantitative estimate of drug-likeness (QED) is 0.849. The van der Waals surface area contributed by atoms with Gasteiger partial charge in [-0.15, -0.1) is 0 Å². The maximum absolute atomic E-state index is 10.7. The average Bonchev–Trinajstić information content (AvgIpc) is 2.74. The lowest BCUT2D eigenvalue weighted by molar-refractivity contribution is -0.118.